The SMILES string of the molecule is CCCCCCCCCCCCCC(=O)O[C@@H](CO)COC(=O)CCCCCCCCCCCC(C)C. The van der Waals surface area contributed by atoms with E-state index >= 15 is 0 Å². The fourth-order valence-corrected chi connectivity index (χ4v) is 4.62. The number of aliphatic hydroxyl groups excluding tert-OH is 1. The van der Waals surface area contributed by atoms with E-state index in [9.17, 15) is 14.7 Å². The number of unbranched alkanes of at least 4 members (excludes halogenated alkanes) is 18. The number of hydrogen-bond donors (Lipinski definition) is 1. The van der Waals surface area contributed by atoms with Crippen molar-refractivity contribution in [1.82, 2.24) is 0 Å². The Bertz CT molecular complexity index is 505. The normalized spacial score (nSPS) is 12.1. The fourth-order valence-electron chi connectivity index (χ4n) is 4.62. The first-order valence-corrected chi connectivity index (χ1v) is 16.0. The third-order valence-corrected chi connectivity index (χ3v) is 7.08. The second-order valence-electron chi connectivity index (χ2n) is 11.4. The second kappa shape index (κ2) is 27.9. The van der Waals surface area contributed by atoms with Crippen molar-refractivity contribution in [2.45, 2.75) is 175 Å². The first-order valence-electron chi connectivity index (χ1n) is 16.0. The molecule has 5 nitrogen and oxygen atoms in total. The molecule has 0 aromatic heterocycles. The van der Waals surface area contributed by atoms with Crippen LogP contribution in [0.4, 0.5) is 0 Å². The summed E-state index contributed by atoms with van der Waals surface area (Å²) in [6.07, 6.45) is 25.8. The van der Waals surface area contributed by atoms with Gasteiger partial charge >= 0.3 is 11.9 Å². The van der Waals surface area contributed by atoms with Crippen molar-refractivity contribution in [2.75, 3.05) is 13.2 Å². The van der Waals surface area contributed by atoms with Gasteiger partial charge in [0.15, 0.2) is 6.10 Å². The van der Waals surface area contributed by atoms with E-state index in [1.807, 2.05) is 0 Å². The monoisotopic (exact) mass is 526 g/mol. The lowest BCUT2D eigenvalue weighted by Gasteiger charge is -2.15. The summed E-state index contributed by atoms with van der Waals surface area (Å²) in [5, 5.41) is 9.47. The maximum Gasteiger partial charge on any atom is 0.306 e. The van der Waals surface area contributed by atoms with E-state index in [0.717, 1.165) is 44.4 Å². The van der Waals surface area contributed by atoms with Crippen molar-refractivity contribution in [2.24, 2.45) is 5.92 Å². The molecule has 0 bridgehead atoms. The Morgan fingerprint density at radius 3 is 1.43 bits per heavy atom. The van der Waals surface area contributed by atoms with E-state index in [1.165, 1.54) is 96.3 Å². The average molecular weight is 527 g/mol. The zero-order chi connectivity index (χ0) is 27.4. The number of esters is 2. The molecule has 37 heavy (non-hydrogen) atoms. The average Bonchev–Trinajstić information content (AvgIpc) is 2.88. The Kier molecular flexibility index (Phi) is 27.1. The largest absolute Gasteiger partial charge is 0.462 e. The summed E-state index contributed by atoms with van der Waals surface area (Å²) in [4.78, 5) is 24.0. The number of aliphatic hydroxyl groups is 1. The van der Waals surface area contributed by atoms with Gasteiger partial charge in [0.25, 0.3) is 0 Å². The maximum absolute atomic E-state index is 12.0. The molecule has 0 fully saturated rings. The molecule has 1 N–H and O–H groups in total. The minimum absolute atomic E-state index is 0.0594. The molecule has 0 saturated carbocycles. The number of carbonyl (C=O) groups is 2. The summed E-state index contributed by atoms with van der Waals surface area (Å²) in [5.74, 6) is 0.233. The van der Waals surface area contributed by atoms with E-state index in [-0.39, 0.29) is 25.2 Å². The maximum atomic E-state index is 12.0. The third kappa shape index (κ3) is 27.7. The lowest BCUT2D eigenvalue weighted by atomic mass is 10.0. The molecular formula is C32H62O5. The van der Waals surface area contributed by atoms with Crippen molar-refractivity contribution in [3.05, 3.63) is 0 Å². The van der Waals surface area contributed by atoms with Crippen LogP contribution < -0.4 is 0 Å². The van der Waals surface area contributed by atoms with E-state index in [4.69, 9.17) is 9.47 Å². The Labute approximate surface area is 229 Å². The zero-order valence-corrected chi connectivity index (χ0v) is 24.9. The van der Waals surface area contributed by atoms with Gasteiger partial charge in [-0.25, -0.2) is 0 Å². The first-order chi connectivity index (χ1) is 18.0. The highest BCUT2D eigenvalue weighted by molar-refractivity contribution is 5.70. The first kappa shape index (κ1) is 35.9. The quantitative estimate of drug-likeness (QED) is 0.0813. The second-order valence-corrected chi connectivity index (χ2v) is 11.4. The number of carbonyl (C=O) groups excluding carboxylic acids is 2. The highest BCUT2D eigenvalue weighted by Crippen LogP contribution is 2.14. The van der Waals surface area contributed by atoms with E-state index < -0.39 is 6.10 Å². The molecule has 5 heteroatoms. The molecule has 0 rings (SSSR count). The van der Waals surface area contributed by atoms with Crippen LogP contribution in [-0.2, 0) is 19.1 Å². The molecule has 0 radical (unpaired) electrons. The Morgan fingerprint density at radius 2 is 1.00 bits per heavy atom. The highest BCUT2D eigenvalue weighted by atomic mass is 16.6. The Morgan fingerprint density at radius 1 is 0.595 bits per heavy atom. The molecule has 0 aliphatic carbocycles. The molecule has 0 heterocycles. The van der Waals surface area contributed by atoms with Crippen LogP contribution in [0.3, 0.4) is 0 Å². The van der Waals surface area contributed by atoms with E-state index in [2.05, 4.69) is 20.8 Å². The van der Waals surface area contributed by atoms with Crippen molar-refractivity contribution in [3.8, 4) is 0 Å². The summed E-state index contributed by atoms with van der Waals surface area (Å²) in [5.41, 5.74) is 0. The third-order valence-electron chi connectivity index (χ3n) is 7.08. The van der Waals surface area contributed by atoms with Crippen LogP contribution in [0.15, 0.2) is 0 Å². The van der Waals surface area contributed by atoms with Crippen molar-refractivity contribution < 1.29 is 24.2 Å². The summed E-state index contributed by atoms with van der Waals surface area (Å²) in [7, 11) is 0. The van der Waals surface area contributed by atoms with Crippen LogP contribution in [0.2, 0.25) is 0 Å². The number of rotatable bonds is 28. The molecule has 220 valence electrons. The molecule has 0 amide bonds. The van der Waals surface area contributed by atoms with Crippen LogP contribution in [-0.4, -0.2) is 36.4 Å². The van der Waals surface area contributed by atoms with Gasteiger partial charge in [0.05, 0.1) is 6.61 Å². The number of hydrogen-bond acceptors (Lipinski definition) is 5. The van der Waals surface area contributed by atoms with Crippen LogP contribution in [0.25, 0.3) is 0 Å². The standard InChI is InChI=1S/C32H62O5/c1-4-5-6-7-8-9-10-13-17-20-23-26-32(35)37-30(27-33)28-36-31(34)25-22-19-16-14-11-12-15-18-21-24-29(2)3/h29-30,33H,4-28H2,1-3H3/t30-/m0/s1. The van der Waals surface area contributed by atoms with Gasteiger partial charge in [-0.3, -0.25) is 9.59 Å². The van der Waals surface area contributed by atoms with Crippen molar-refractivity contribution in [1.29, 1.82) is 0 Å². The molecule has 0 spiro atoms. The zero-order valence-electron chi connectivity index (χ0n) is 24.9. The van der Waals surface area contributed by atoms with Gasteiger partial charge < -0.3 is 14.6 Å². The van der Waals surface area contributed by atoms with Crippen molar-refractivity contribution >= 4 is 11.9 Å². The predicted octanol–water partition coefficient (Wildman–Crippen LogP) is 9.08. The van der Waals surface area contributed by atoms with Gasteiger partial charge in [0.1, 0.15) is 6.61 Å². The van der Waals surface area contributed by atoms with Crippen LogP contribution in [0.1, 0.15) is 168 Å². The van der Waals surface area contributed by atoms with E-state index in [0.29, 0.717) is 12.8 Å². The molecule has 0 saturated heterocycles. The Hall–Kier alpha value is -1.10. The van der Waals surface area contributed by atoms with Gasteiger partial charge in [0.2, 0.25) is 0 Å². The molecule has 0 aromatic carbocycles. The molecule has 0 aromatic rings. The van der Waals surface area contributed by atoms with Gasteiger partial charge in [0, 0.05) is 12.8 Å². The van der Waals surface area contributed by atoms with Gasteiger partial charge in [-0.15, -0.1) is 0 Å². The summed E-state index contributed by atoms with van der Waals surface area (Å²) in [6.45, 7) is 6.44. The van der Waals surface area contributed by atoms with Gasteiger partial charge in [-0.05, 0) is 18.8 Å². The lowest BCUT2D eigenvalue weighted by molar-refractivity contribution is -0.161. The van der Waals surface area contributed by atoms with Crippen LogP contribution in [0, 0.1) is 5.92 Å². The van der Waals surface area contributed by atoms with Crippen LogP contribution >= 0.6 is 0 Å². The summed E-state index contributed by atoms with van der Waals surface area (Å²) < 4.78 is 10.5. The molecule has 0 aliphatic rings. The van der Waals surface area contributed by atoms with Crippen LogP contribution in [0.5, 0.6) is 0 Å². The minimum Gasteiger partial charge on any atom is -0.462 e. The smallest absolute Gasteiger partial charge is 0.306 e. The molecule has 0 aliphatic heterocycles. The fraction of sp³-hybridized carbons (Fsp3) is 0.938. The lowest BCUT2D eigenvalue weighted by Crippen LogP contribution is -2.28. The summed E-state index contributed by atoms with van der Waals surface area (Å²) >= 11 is 0. The Balaban J connectivity index is 3.57. The van der Waals surface area contributed by atoms with Gasteiger partial charge in [-0.1, -0.05) is 143 Å². The van der Waals surface area contributed by atoms with Crippen molar-refractivity contribution in [3.63, 3.8) is 0 Å². The molecular weight excluding hydrogens is 464 g/mol. The topological polar surface area (TPSA) is 72.8 Å². The summed E-state index contributed by atoms with van der Waals surface area (Å²) in [6, 6.07) is 0. The minimum atomic E-state index is -0.760. The molecule has 0 unspecified atom stereocenters. The molecule has 1 atom stereocenters. The highest BCUT2D eigenvalue weighted by Gasteiger charge is 2.16. The number of ether oxygens (including phenoxy) is 2. The van der Waals surface area contributed by atoms with E-state index in [1.54, 1.807) is 0 Å². The predicted molar refractivity (Wildman–Crippen MR) is 155 cm³/mol. The van der Waals surface area contributed by atoms with Gasteiger partial charge in [-0.2, -0.15) is 0 Å².